The second-order valence-electron chi connectivity index (χ2n) is 9.01. The molecule has 1 aliphatic carbocycles. The van der Waals surface area contributed by atoms with E-state index < -0.39 is 18.0 Å². The van der Waals surface area contributed by atoms with Gasteiger partial charge in [-0.1, -0.05) is 24.3 Å². The van der Waals surface area contributed by atoms with Gasteiger partial charge in [0.25, 0.3) is 0 Å². The maximum Gasteiger partial charge on any atom is 0.432 e. The minimum Gasteiger partial charge on any atom is -0.480 e. The summed E-state index contributed by atoms with van der Waals surface area (Å²) in [5.74, 6) is 7.71. The summed E-state index contributed by atoms with van der Waals surface area (Å²) < 4.78 is 44.6. The number of halogens is 3. The lowest BCUT2D eigenvalue weighted by Gasteiger charge is -2.23. The Bertz CT molecular complexity index is 1330. The number of ether oxygens (including phenoxy) is 1. The number of nitrogens with one attached hydrogen (secondary N) is 1. The molecule has 1 unspecified atom stereocenters. The van der Waals surface area contributed by atoms with E-state index in [0.29, 0.717) is 34.6 Å². The number of alkyl halides is 3. The molecule has 0 bridgehead atoms. The standard InChI is InChI=1S/C24H26F3N9O/c1-35-11-17(24(25,26)27)33-21(35)15-5-3-13(4-6-15)10-36(29)22-16(28)9-30-20(34-22)18-19(14-7-8-14)31-12-32-23(18)37-2/h3-6,9,11-12,14,21,33H,7-8,10,28-29H2,1-2H3. The number of hydrogen-bond donors (Lipinski definition) is 3. The Morgan fingerprint density at radius 3 is 2.51 bits per heavy atom. The Hall–Kier alpha value is -4.13. The van der Waals surface area contributed by atoms with Crippen LogP contribution in [0.2, 0.25) is 0 Å². The summed E-state index contributed by atoms with van der Waals surface area (Å²) >= 11 is 0. The zero-order valence-electron chi connectivity index (χ0n) is 20.2. The van der Waals surface area contributed by atoms with Crippen LogP contribution in [0.15, 0.2) is 48.7 Å². The molecule has 1 aliphatic heterocycles. The molecule has 1 fully saturated rings. The predicted octanol–water partition coefficient (Wildman–Crippen LogP) is 3.22. The zero-order chi connectivity index (χ0) is 26.3. The smallest absolute Gasteiger partial charge is 0.432 e. The number of anilines is 2. The van der Waals surface area contributed by atoms with Crippen LogP contribution in [0.1, 0.15) is 41.7 Å². The molecule has 2 aromatic heterocycles. The van der Waals surface area contributed by atoms with Crippen LogP contribution in [0.25, 0.3) is 11.4 Å². The number of nitrogen functional groups attached to an aromatic ring is 1. The SMILES string of the molecule is COc1ncnc(C2CC2)c1-c1ncc(N)c(N(N)Cc2ccc(C3NC(C(F)(F)F)=CN3C)cc2)n1. The van der Waals surface area contributed by atoms with Crippen molar-refractivity contribution in [2.75, 3.05) is 24.9 Å². The van der Waals surface area contributed by atoms with E-state index in [9.17, 15) is 13.2 Å². The van der Waals surface area contributed by atoms with Gasteiger partial charge in [-0.15, -0.1) is 0 Å². The highest BCUT2D eigenvalue weighted by Crippen LogP contribution is 2.45. The second kappa shape index (κ2) is 9.39. The van der Waals surface area contributed by atoms with E-state index in [1.165, 1.54) is 29.5 Å². The van der Waals surface area contributed by atoms with Gasteiger partial charge in [0.2, 0.25) is 5.88 Å². The fourth-order valence-electron chi connectivity index (χ4n) is 4.26. The van der Waals surface area contributed by atoms with Gasteiger partial charge in [0.1, 0.15) is 23.8 Å². The second-order valence-corrected chi connectivity index (χ2v) is 9.01. The lowest BCUT2D eigenvalue weighted by molar-refractivity contribution is -0.0963. The number of nitrogens with zero attached hydrogens (tertiary/aromatic N) is 6. The first-order valence-corrected chi connectivity index (χ1v) is 11.6. The third-order valence-corrected chi connectivity index (χ3v) is 6.28. The van der Waals surface area contributed by atoms with Crippen molar-refractivity contribution >= 4 is 11.5 Å². The van der Waals surface area contributed by atoms with Crippen LogP contribution in [-0.2, 0) is 6.54 Å². The lowest BCUT2D eigenvalue weighted by Crippen LogP contribution is -2.32. The lowest BCUT2D eigenvalue weighted by atomic mass is 10.1. The highest BCUT2D eigenvalue weighted by molar-refractivity contribution is 5.70. The van der Waals surface area contributed by atoms with E-state index in [1.54, 1.807) is 31.3 Å². The van der Waals surface area contributed by atoms with Crippen LogP contribution in [-0.4, -0.2) is 45.2 Å². The summed E-state index contributed by atoms with van der Waals surface area (Å²) in [6.45, 7) is 0.249. The molecule has 0 spiro atoms. The van der Waals surface area contributed by atoms with Gasteiger partial charge in [-0.3, -0.25) is 5.01 Å². The van der Waals surface area contributed by atoms with Crippen LogP contribution < -0.4 is 26.6 Å². The molecular formula is C24H26F3N9O. The average molecular weight is 514 g/mol. The van der Waals surface area contributed by atoms with Crippen molar-refractivity contribution in [2.45, 2.75) is 37.6 Å². The van der Waals surface area contributed by atoms with E-state index in [4.69, 9.17) is 16.3 Å². The molecule has 1 aromatic carbocycles. The summed E-state index contributed by atoms with van der Waals surface area (Å²) in [5, 5.41) is 3.91. The molecule has 37 heavy (non-hydrogen) atoms. The van der Waals surface area contributed by atoms with Crippen molar-refractivity contribution in [3.8, 4) is 17.3 Å². The molecule has 5 rings (SSSR count). The van der Waals surface area contributed by atoms with Crippen molar-refractivity contribution < 1.29 is 17.9 Å². The fourth-order valence-corrected chi connectivity index (χ4v) is 4.26. The van der Waals surface area contributed by atoms with Gasteiger partial charge in [0.15, 0.2) is 11.6 Å². The normalized spacial score (nSPS) is 17.4. The third kappa shape index (κ3) is 4.94. The third-order valence-electron chi connectivity index (χ3n) is 6.28. The molecule has 5 N–H and O–H groups in total. The van der Waals surface area contributed by atoms with Crippen LogP contribution in [0, 0.1) is 0 Å². The number of nitrogens with two attached hydrogens (primary N) is 2. The summed E-state index contributed by atoms with van der Waals surface area (Å²) in [4.78, 5) is 19.1. The van der Waals surface area contributed by atoms with Crippen molar-refractivity contribution in [2.24, 2.45) is 5.84 Å². The number of benzene rings is 1. The topological polar surface area (TPSA) is 131 Å². The highest BCUT2D eigenvalue weighted by atomic mass is 19.4. The maximum absolute atomic E-state index is 13.1. The van der Waals surface area contributed by atoms with Crippen molar-refractivity contribution in [3.05, 3.63) is 65.5 Å². The van der Waals surface area contributed by atoms with Crippen molar-refractivity contribution in [3.63, 3.8) is 0 Å². The Kier molecular flexibility index (Phi) is 6.23. The highest BCUT2D eigenvalue weighted by Gasteiger charge is 2.40. The molecule has 10 nitrogen and oxygen atoms in total. The number of hydrazine groups is 1. The number of aromatic nitrogens is 4. The van der Waals surface area contributed by atoms with E-state index in [1.807, 2.05) is 0 Å². The van der Waals surface area contributed by atoms with Crippen molar-refractivity contribution in [1.29, 1.82) is 0 Å². The van der Waals surface area contributed by atoms with Crippen LogP contribution in [0.5, 0.6) is 5.88 Å². The minimum atomic E-state index is -4.44. The van der Waals surface area contributed by atoms with E-state index in [-0.39, 0.29) is 12.2 Å². The number of methoxy groups -OCH3 is 1. The molecule has 2 aliphatic rings. The molecule has 0 amide bonds. The van der Waals surface area contributed by atoms with Gasteiger partial charge >= 0.3 is 6.18 Å². The molecule has 1 saturated carbocycles. The molecule has 194 valence electrons. The molecule has 0 saturated heterocycles. The molecule has 3 heterocycles. The number of allylic oxidation sites excluding steroid dienone is 1. The number of rotatable bonds is 7. The zero-order valence-corrected chi connectivity index (χ0v) is 20.2. The van der Waals surface area contributed by atoms with E-state index >= 15 is 0 Å². The molecule has 3 aromatic rings. The van der Waals surface area contributed by atoms with E-state index in [2.05, 4.69) is 25.3 Å². The van der Waals surface area contributed by atoms with Gasteiger partial charge in [0, 0.05) is 19.2 Å². The summed E-state index contributed by atoms with van der Waals surface area (Å²) in [7, 11) is 3.11. The largest absolute Gasteiger partial charge is 0.480 e. The van der Waals surface area contributed by atoms with Gasteiger partial charge < -0.3 is 20.7 Å². The van der Waals surface area contributed by atoms with Crippen molar-refractivity contribution in [1.82, 2.24) is 30.2 Å². The summed E-state index contributed by atoms with van der Waals surface area (Å²) in [6.07, 6.45) is 0.985. The van der Waals surface area contributed by atoms with Gasteiger partial charge in [-0.2, -0.15) is 13.2 Å². The van der Waals surface area contributed by atoms with Crippen LogP contribution >= 0.6 is 0 Å². The van der Waals surface area contributed by atoms with Crippen LogP contribution in [0.4, 0.5) is 24.7 Å². The quantitative estimate of drug-likeness (QED) is 0.320. The number of hydrogen-bond acceptors (Lipinski definition) is 10. The first-order chi connectivity index (χ1) is 17.7. The van der Waals surface area contributed by atoms with Gasteiger partial charge in [-0.05, 0) is 24.0 Å². The average Bonchev–Trinajstić information content (AvgIpc) is 3.64. The first kappa shape index (κ1) is 24.6. The maximum atomic E-state index is 13.1. The predicted molar refractivity (Wildman–Crippen MR) is 131 cm³/mol. The molecule has 13 heteroatoms. The molecule has 1 atom stereocenters. The summed E-state index contributed by atoms with van der Waals surface area (Å²) in [6, 6.07) is 7.11. The Morgan fingerprint density at radius 1 is 1.16 bits per heavy atom. The monoisotopic (exact) mass is 513 g/mol. The van der Waals surface area contributed by atoms with Gasteiger partial charge in [-0.25, -0.2) is 25.8 Å². The Labute approximate surface area is 211 Å². The first-order valence-electron chi connectivity index (χ1n) is 11.6. The Morgan fingerprint density at radius 2 is 1.89 bits per heavy atom. The van der Waals surface area contributed by atoms with Crippen LogP contribution in [0.3, 0.4) is 0 Å². The fraction of sp³-hybridized carbons (Fsp3) is 0.333. The van der Waals surface area contributed by atoms with E-state index in [0.717, 1.165) is 30.3 Å². The van der Waals surface area contributed by atoms with Gasteiger partial charge in [0.05, 0.1) is 31.2 Å². The Balaban J connectivity index is 1.35. The minimum absolute atomic E-state index is 0.249. The summed E-state index contributed by atoms with van der Waals surface area (Å²) in [5.41, 5.74) is 8.60. The molecular weight excluding hydrogens is 487 g/mol. The molecule has 0 radical (unpaired) electrons.